The average molecular weight is 586 g/mol. The number of fused-ring (bicyclic) bond motifs is 1. The molecule has 42 heavy (non-hydrogen) atoms. The molecule has 2 amide bonds. The van der Waals surface area contributed by atoms with Crippen molar-refractivity contribution in [2.75, 3.05) is 10.6 Å². The van der Waals surface area contributed by atoms with Crippen LogP contribution in [0, 0.1) is 17.0 Å². The summed E-state index contributed by atoms with van der Waals surface area (Å²) in [6, 6.07) is 19.1. The minimum Gasteiger partial charge on any atom is -0.478 e. The maximum Gasteiger partial charge on any atom is 0.335 e. The van der Waals surface area contributed by atoms with Crippen LogP contribution in [0.25, 0.3) is 20.7 Å². The number of carboxylic acid groups (broad SMARTS) is 1. The molecule has 5 aromatic rings. The molecule has 11 heteroatoms. The summed E-state index contributed by atoms with van der Waals surface area (Å²) in [5.41, 5.74) is 0.861. The Labute approximate surface area is 241 Å². The summed E-state index contributed by atoms with van der Waals surface area (Å²) in [5.74, 6) is -2.95. The van der Waals surface area contributed by atoms with Gasteiger partial charge in [0, 0.05) is 34.6 Å². The highest BCUT2D eigenvalue weighted by molar-refractivity contribution is 7.22. The number of nitrogens with zero attached hydrogens (tertiary/aromatic N) is 1. The molecule has 0 atom stereocenters. The standard InChI is InChI=1S/C31H21F2N3O5S/c32-19-5-7-20(8-6-19)35-29(39)31(12-13-31)30(40)36-21-9-10-24(22(33)15-21)41-25-11-14-34-23-16-26(42-27(23)25)17-1-3-18(4-2-17)28(37)38/h1-11,14-16H,12-13H2,(H,35,39)(H,36,40)(H,37,38). The van der Waals surface area contributed by atoms with Crippen molar-refractivity contribution >= 4 is 50.7 Å². The second kappa shape index (κ2) is 10.7. The maximum absolute atomic E-state index is 15.1. The molecular formula is C31H21F2N3O5S. The van der Waals surface area contributed by atoms with E-state index in [-0.39, 0.29) is 17.0 Å². The van der Waals surface area contributed by atoms with E-state index in [1.54, 1.807) is 24.4 Å². The molecule has 8 nitrogen and oxygen atoms in total. The van der Waals surface area contributed by atoms with Crippen molar-refractivity contribution < 1.29 is 33.0 Å². The molecule has 0 radical (unpaired) electrons. The van der Waals surface area contributed by atoms with Gasteiger partial charge in [-0.2, -0.15) is 0 Å². The summed E-state index contributed by atoms with van der Waals surface area (Å²) in [5, 5.41) is 14.4. The Hall–Kier alpha value is -5.16. The lowest BCUT2D eigenvalue weighted by Gasteiger charge is -2.16. The molecule has 3 aromatic carbocycles. The van der Waals surface area contributed by atoms with Crippen LogP contribution in [0.1, 0.15) is 23.2 Å². The number of carbonyl (C=O) groups excluding carboxylic acids is 2. The van der Waals surface area contributed by atoms with Crippen molar-refractivity contribution in [2.45, 2.75) is 12.8 Å². The van der Waals surface area contributed by atoms with Crippen molar-refractivity contribution in [1.29, 1.82) is 0 Å². The van der Waals surface area contributed by atoms with Crippen LogP contribution in [-0.4, -0.2) is 27.9 Å². The normalized spacial score (nSPS) is 13.4. The summed E-state index contributed by atoms with van der Waals surface area (Å²) in [6.07, 6.45) is 2.21. The van der Waals surface area contributed by atoms with Gasteiger partial charge in [0.15, 0.2) is 11.6 Å². The first-order chi connectivity index (χ1) is 20.2. The summed E-state index contributed by atoms with van der Waals surface area (Å²) in [6.45, 7) is 0. The fourth-order valence-electron chi connectivity index (χ4n) is 4.41. The molecule has 210 valence electrons. The average Bonchev–Trinajstić information content (AvgIpc) is 3.68. The third-order valence-electron chi connectivity index (χ3n) is 6.92. The first kappa shape index (κ1) is 27.0. The monoisotopic (exact) mass is 585 g/mol. The van der Waals surface area contributed by atoms with Crippen LogP contribution >= 0.6 is 11.3 Å². The number of aromatic carboxylic acids is 1. The maximum atomic E-state index is 15.1. The summed E-state index contributed by atoms with van der Waals surface area (Å²) < 4.78 is 34.8. The second-order valence-electron chi connectivity index (χ2n) is 9.76. The Morgan fingerprint density at radius 3 is 2.14 bits per heavy atom. The fraction of sp³-hybridized carbons (Fsp3) is 0.0968. The summed E-state index contributed by atoms with van der Waals surface area (Å²) >= 11 is 1.37. The Morgan fingerprint density at radius 1 is 0.833 bits per heavy atom. The number of rotatable bonds is 8. The van der Waals surface area contributed by atoms with Crippen molar-refractivity contribution in [3.05, 3.63) is 102 Å². The van der Waals surface area contributed by atoms with E-state index in [1.165, 1.54) is 59.9 Å². The highest BCUT2D eigenvalue weighted by atomic mass is 32.1. The lowest BCUT2D eigenvalue weighted by molar-refractivity contribution is -0.131. The third kappa shape index (κ3) is 5.29. The van der Waals surface area contributed by atoms with E-state index in [0.717, 1.165) is 16.5 Å². The van der Waals surface area contributed by atoms with Gasteiger partial charge in [0.05, 0.1) is 15.8 Å². The lowest BCUT2D eigenvalue weighted by Crippen LogP contribution is -2.35. The molecule has 0 spiro atoms. The van der Waals surface area contributed by atoms with Gasteiger partial charge in [0.2, 0.25) is 11.8 Å². The number of anilines is 2. The van der Waals surface area contributed by atoms with Gasteiger partial charge in [-0.15, -0.1) is 11.3 Å². The Bertz CT molecular complexity index is 1850. The predicted octanol–water partition coefficient (Wildman–Crippen LogP) is 7.09. The van der Waals surface area contributed by atoms with Crippen LogP contribution in [0.2, 0.25) is 0 Å². The van der Waals surface area contributed by atoms with E-state index in [9.17, 15) is 18.8 Å². The Kier molecular flexibility index (Phi) is 6.87. The van der Waals surface area contributed by atoms with E-state index >= 15 is 4.39 Å². The number of nitrogens with one attached hydrogen (secondary N) is 2. The van der Waals surface area contributed by atoms with E-state index < -0.39 is 34.8 Å². The van der Waals surface area contributed by atoms with Gasteiger partial charge in [-0.25, -0.2) is 13.6 Å². The molecule has 1 saturated carbocycles. The minimum absolute atomic E-state index is 0.0727. The molecule has 1 fully saturated rings. The van der Waals surface area contributed by atoms with Gasteiger partial charge in [0.25, 0.3) is 0 Å². The van der Waals surface area contributed by atoms with Crippen LogP contribution in [0.15, 0.2) is 85.1 Å². The smallest absolute Gasteiger partial charge is 0.335 e. The fourth-order valence-corrected chi connectivity index (χ4v) is 5.48. The Morgan fingerprint density at radius 2 is 1.50 bits per heavy atom. The molecule has 0 unspecified atom stereocenters. The van der Waals surface area contributed by atoms with Crippen LogP contribution in [0.5, 0.6) is 11.5 Å². The molecule has 0 aliphatic heterocycles. The van der Waals surface area contributed by atoms with Crippen LogP contribution < -0.4 is 15.4 Å². The molecule has 3 N–H and O–H groups in total. The molecule has 1 aliphatic rings. The third-order valence-corrected chi connectivity index (χ3v) is 8.11. The quantitative estimate of drug-likeness (QED) is 0.167. The molecule has 1 aliphatic carbocycles. The van der Waals surface area contributed by atoms with Gasteiger partial charge in [0.1, 0.15) is 17.0 Å². The van der Waals surface area contributed by atoms with Gasteiger partial charge in [-0.1, -0.05) is 12.1 Å². The molecule has 2 aromatic heterocycles. The largest absolute Gasteiger partial charge is 0.478 e. The number of hydrogen-bond donors (Lipinski definition) is 3. The SMILES string of the molecule is O=C(O)c1ccc(-c2cc3nccc(Oc4ccc(NC(=O)C5(C(=O)Nc6ccc(F)cc6)CC5)cc4F)c3s2)cc1. The number of benzene rings is 3. The zero-order chi connectivity index (χ0) is 29.4. The number of hydrogen-bond acceptors (Lipinski definition) is 6. The number of aromatic nitrogens is 1. The van der Waals surface area contributed by atoms with E-state index in [0.29, 0.717) is 34.5 Å². The summed E-state index contributed by atoms with van der Waals surface area (Å²) in [4.78, 5) is 42.1. The highest BCUT2D eigenvalue weighted by Crippen LogP contribution is 2.48. The van der Waals surface area contributed by atoms with Crippen LogP contribution in [-0.2, 0) is 9.59 Å². The first-order valence-electron chi connectivity index (χ1n) is 12.8. The first-order valence-corrected chi connectivity index (χ1v) is 13.6. The molecule has 6 rings (SSSR count). The molecular weight excluding hydrogens is 564 g/mol. The van der Waals surface area contributed by atoms with Crippen molar-refractivity contribution in [3.63, 3.8) is 0 Å². The predicted molar refractivity (Wildman–Crippen MR) is 154 cm³/mol. The van der Waals surface area contributed by atoms with E-state index in [2.05, 4.69) is 15.6 Å². The van der Waals surface area contributed by atoms with E-state index in [4.69, 9.17) is 9.84 Å². The van der Waals surface area contributed by atoms with Crippen molar-refractivity contribution in [2.24, 2.45) is 5.41 Å². The molecule has 0 saturated heterocycles. The topological polar surface area (TPSA) is 118 Å². The minimum atomic E-state index is -1.28. The number of carbonyl (C=O) groups is 3. The zero-order valence-electron chi connectivity index (χ0n) is 21.7. The number of thiophene rings is 1. The zero-order valence-corrected chi connectivity index (χ0v) is 22.5. The van der Waals surface area contributed by atoms with Crippen molar-refractivity contribution in [3.8, 4) is 21.9 Å². The molecule has 2 heterocycles. The van der Waals surface area contributed by atoms with Crippen LogP contribution in [0.3, 0.4) is 0 Å². The van der Waals surface area contributed by atoms with Gasteiger partial charge < -0.3 is 20.5 Å². The van der Waals surface area contributed by atoms with E-state index in [1.807, 2.05) is 6.07 Å². The number of pyridine rings is 1. The summed E-state index contributed by atoms with van der Waals surface area (Å²) in [7, 11) is 0. The Balaban J connectivity index is 1.16. The van der Waals surface area contributed by atoms with Gasteiger partial charge >= 0.3 is 5.97 Å². The lowest BCUT2D eigenvalue weighted by atomic mass is 10.0. The molecule has 0 bridgehead atoms. The second-order valence-corrected chi connectivity index (χ2v) is 10.8. The van der Waals surface area contributed by atoms with Gasteiger partial charge in [-0.05, 0) is 73.0 Å². The van der Waals surface area contributed by atoms with Crippen molar-refractivity contribution in [1.82, 2.24) is 4.98 Å². The van der Waals surface area contributed by atoms with Crippen LogP contribution in [0.4, 0.5) is 20.2 Å². The van der Waals surface area contributed by atoms with Gasteiger partial charge in [-0.3, -0.25) is 14.6 Å². The number of ether oxygens (including phenoxy) is 1. The highest BCUT2D eigenvalue weighted by Gasteiger charge is 2.56. The number of amides is 2. The number of carboxylic acids is 1. The number of halogens is 2.